The summed E-state index contributed by atoms with van der Waals surface area (Å²) < 4.78 is 7.14. The minimum Gasteiger partial charge on any atom is -0.400 e. The van der Waals surface area contributed by atoms with E-state index in [9.17, 15) is 9.59 Å². The van der Waals surface area contributed by atoms with E-state index >= 15 is 0 Å². The summed E-state index contributed by atoms with van der Waals surface area (Å²) in [5.74, 6) is 0.219. The van der Waals surface area contributed by atoms with E-state index in [0.717, 1.165) is 29.8 Å². The Morgan fingerprint density at radius 1 is 1.18 bits per heavy atom. The molecular formula is C31H50N4O4S. The van der Waals surface area contributed by atoms with E-state index in [-0.39, 0.29) is 18.4 Å². The zero-order valence-corrected chi connectivity index (χ0v) is 26.6. The molecule has 1 aromatic carbocycles. The van der Waals surface area contributed by atoms with Crippen LogP contribution < -0.4 is 10.6 Å². The first kappa shape index (κ1) is 37.0. The van der Waals surface area contributed by atoms with Crippen molar-refractivity contribution in [3.63, 3.8) is 0 Å². The van der Waals surface area contributed by atoms with Gasteiger partial charge in [0.15, 0.2) is 5.13 Å². The lowest BCUT2D eigenvalue weighted by Gasteiger charge is -2.17. The van der Waals surface area contributed by atoms with Crippen LogP contribution in [0.2, 0.25) is 0 Å². The molecule has 2 amide bonds. The van der Waals surface area contributed by atoms with Crippen LogP contribution in [0.3, 0.4) is 0 Å². The predicted molar refractivity (Wildman–Crippen MR) is 168 cm³/mol. The normalized spacial score (nSPS) is 11.3. The third-order valence-corrected chi connectivity index (χ3v) is 6.63. The van der Waals surface area contributed by atoms with Gasteiger partial charge in [-0.2, -0.15) is 0 Å². The van der Waals surface area contributed by atoms with Gasteiger partial charge >= 0.3 is 0 Å². The minimum absolute atomic E-state index is 0.104. The van der Waals surface area contributed by atoms with Crippen molar-refractivity contribution in [2.24, 2.45) is 13.0 Å². The number of carbonyl (C=O) groups excluding carboxylic acids is 2. The highest BCUT2D eigenvalue weighted by molar-refractivity contribution is 7.14. The van der Waals surface area contributed by atoms with Crippen molar-refractivity contribution in [3.8, 4) is 11.3 Å². The number of benzene rings is 1. The summed E-state index contributed by atoms with van der Waals surface area (Å²) in [6, 6.07) is 9.71. The molecule has 0 saturated heterocycles. The average Bonchev–Trinajstić information content (AvgIpc) is 3.63. The first-order chi connectivity index (χ1) is 19.2. The maximum Gasteiger partial charge on any atom is 0.253 e. The molecule has 2 aromatic heterocycles. The summed E-state index contributed by atoms with van der Waals surface area (Å²) in [6.07, 6.45) is 8.90. The standard InChI is InChI=1S/C18H18N4O2S.C10H22O.C2H6.CH4O/c1-12-4-3-5-13(8-12)15-11-25-18(20-15)21-16(23)9-19-17(24)14-6-7-22(2)10-14;1-5-7-10(11-4)8-9(3)6-2;2*1-2/h3-8,10-11H,9H2,1-2H3,(H,19,24)(H,20,21,23);9-10H,5-8H2,1-4H3;1-2H3;2H,1H3. The van der Waals surface area contributed by atoms with Gasteiger partial charge in [-0.3, -0.25) is 9.59 Å². The lowest BCUT2D eigenvalue weighted by Crippen LogP contribution is -2.32. The Morgan fingerprint density at radius 3 is 2.42 bits per heavy atom. The highest BCUT2D eigenvalue weighted by atomic mass is 32.1. The zero-order valence-electron chi connectivity index (χ0n) is 25.8. The molecule has 2 unspecified atom stereocenters. The van der Waals surface area contributed by atoms with Gasteiger partial charge in [-0.25, -0.2) is 4.98 Å². The molecule has 2 heterocycles. The van der Waals surface area contributed by atoms with Crippen molar-refractivity contribution in [3.05, 3.63) is 59.2 Å². The highest BCUT2D eigenvalue weighted by Gasteiger charge is 2.12. The van der Waals surface area contributed by atoms with Crippen molar-refractivity contribution >= 4 is 28.3 Å². The van der Waals surface area contributed by atoms with Crippen molar-refractivity contribution in [2.75, 3.05) is 26.1 Å². The van der Waals surface area contributed by atoms with Gasteiger partial charge in [0.1, 0.15) is 0 Å². The molecule has 3 rings (SSSR count). The molecule has 2 atom stereocenters. The first-order valence-corrected chi connectivity index (χ1v) is 14.8. The molecule has 9 heteroatoms. The van der Waals surface area contributed by atoms with Gasteiger partial charge in [-0.1, -0.05) is 71.2 Å². The second kappa shape index (κ2) is 21.8. The third kappa shape index (κ3) is 14.4. The first-order valence-electron chi connectivity index (χ1n) is 14.0. The van der Waals surface area contributed by atoms with Crippen LogP contribution in [0.1, 0.15) is 76.2 Å². The van der Waals surface area contributed by atoms with E-state index < -0.39 is 0 Å². The minimum atomic E-state index is -0.311. The number of carbonyl (C=O) groups is 2. The molecule has 0 fully saturated rings. The molecule has 0 aliphatic heterocycles. The molecule has 0 saturated carbocycles. The monoisotopic (exact) mass is 574 g/mol. The molecule has 3 aromatic rings. The molecule has 8 nitrogen and oxygen atoms in total. The van der Waals surface area contributed by atoms with Crippen LogP contribution in [-0.4, -0.2) is 53.3 Å². The van der Waals surface area contributed by atoms with Crippen molar-refractivity contribution in [1.29, 1.82) is 0 Å². The summed E-state index contributed by atoms with van der Waals surface area (Å²) in [4.78, 5) is 28.3. The number of ether oxygens (including phenoxy) is 1. The van der Waals surface area contributed by atoms with Gasteiger partial charge in [0.25, 0.3) is 5.91 Å². The fourth-order valence-electron chi connectivity index (χ4n) is 3.60. The van der Waals surface area contributed by atoms with E-state index in [1.807, 2.05) is 64.6 Å². The number of aromatic nitrogens is 2. The van der Waals surface area contributed by atoms with Crippen LogP contribution >= 0.6 is 11.3 Å². The Kier molecular flexibility index (Phi) is 20.1. The van der Waals surface area contributed by atoms with Crippen LogP contribution in [0.4, 0.5) is 5.13 Å². The van der Waals surface area contributed by atoms with Gasteiger partial charge in [0, 0.05) is 44.6 Å². The predicted octanol–water partition coefficient (Wildman–Crippen LogP) is 6.70. The lowest BCUT2D eigenvalue weighted by molar-refractivity contribution is -0.115. The lowest BCUT2D eigenvalue weighted by atomic mass is 9.98. The van der Waals surface area contributed by atoms with Gasteiger partial charge in [-0.15, -0.1) is 11.3 Å². The summed E-state index contributed by atoms with van der Waals surface area (Å²) in [6.45, 7) is 12.7. The molecule has 0 radical (unpaired) electrons. The topological polar surface area (TPSA) is 105 Å². The van der Waals surface area contributed by atoms with Gasteiger partial charge in [-0.05, 0) is 37.8 Å². The van der Waals surface area contributed by atoms with E-state index in [1.54, 1.807) is 23.0 Å². The van der Waals surface area contributed by atoms with Crippen LogP contribution in [0.15, 0.2) is 48.1 Å². The summed E-state index contributed by atoms with van der Waals surface area (Å²) in [5, 5.41) is 14.7. The number of aliphatic hydroxyl groups excluding tert-OH is 1. The second-order valence-electron chi connectivity index (χ2n) is 9.10. The smallest absolute Gasteiger partial charge is 0.253 e. The molecular weight excluding hydrogens is 524 g/mol. The number of hydrogen-bond donors (Lipinski definition) is 3. The number of aliphatic hydroxyl groups is 1. The number of amides is 2. The highest BCUT2D eigenvalue weighted by Crippen LogP contribution is 2.25. The second-order valence-corrected chi connectivity index (χ2v) is 9.96. The molecule has 0 aliphatic carbocycles. The number of thiazole rings is 1. The van der Waals surface area contributed by atoms with Gasteiger partial charge < -0.3 is 25.0 Å². The number of anilines is 1. The summed E-state index contributed by atoms with van der Waals surface area (Å²) >= 11 is 1.35. The average molecular weight is 575 g/mol. The number of hydrogen-bond acceptors (Lipinski definition) is 6. The third-order valence-electron chi connectivity index (χ3n) is 5.87. The van der Waals surface area contributed by atoms with Crippen molar-refractivity contribution < 1.29 is 19.4 Å². The number of methoxy groups -OCH3 is 1. The van der Waals surface area contributed by atoms with Crippen LogP contribution in [-0.2, 0) is 16.6 Å². The largest absolute Gasteiger partial charge is 0.400 e. The number of nitrogens with one attached hydrogen (secondary N) is 2. The van der Waals surface area contributed by atoms with Crippen molar-refractivity contribution in [2.45, 2.75) is 73.3 Å². The maximum absolute atomic E-state index is 12.0. The fourth-order valence-corrected chi connectivity index (χ4v) is 4.34. The molecule has 3 N–H and O–H groups in total. The molecule has 224 valence electrons. The molecule has 0 aliphatic rings. The number of aryl methyl sites for hydroxylation is 2. The Labute approximate surface area is 245 Å². The Bertz CT molecular complexity index is 1100. The molecule has 0 spiro atoms. The summed E-state index contributed by atoms with van der Waals surface area (Å²) in [7, 11) is 4.65. The van der Waals surface area contributed by atoms with E-state index in [4.69, 9.17) is 9.84 Å². The maximum atomic E-state index is 12.0. The quantitative estimate of drug-likeness (QED) is 0.236. The fraction of sp³-hybridized carbons (Fsp3) is 0.516. The zero-order chi connectivity index (χ0) is 30.5. The number of rotatable bonds is 11. The van der Waals surface area contributed by atoms with Crippen LogP contribution in [0.25, 0.3) is 11.3 Å². The van der Waals surface area contributed by atoms with E-state index in [1.165, 1.54) is 37.0 Å². The molecule has 40 heavy (non-hydrogen) atoms. The SMILES string of the molecule is CC.CCCC(CC(C)CC)OC.CO.Cc1cccc(-c2csc(NC(=O)CNC(=O)c3ccn(C)c3)n2)c1. The van der Waals surface area contributed by atoms with Gasteiger partial charge in [0.2, 0.25) is 5.91 Å². The number of nitrogens with zero attached hydrogens (tertiary/aromatic N) is 2. The van der Waals surface area contributed by atoms with E-state index in [0.29, 0.717) is 16.8 Å². The van der Waals surface area contributed by atoms with E-state index in [2.05, 4.69) is 36.4 Å². The van der Waals surface area contributed by atoms with Gasteiger partial charge in [0.05, 0.1) is 23.9 Å². The van der Waals surface area contributed by atoms with Crippen LogP contribution in [0, 0.1) is 12.8 Å². The summed E-state index contributed by atoms with van der Waals surface area (Å²) in [5.41, 5.74) is 3.50. The van der Waals surface area contributed by atoms with Crippen LogP contribution in [0.5, 0.6) is 0 Å². The van der Waals surface area contributed by atoms with Crippen molar-refractivity contribution in [1.82, 2.24) is 14.9 Å². The Balaban J connectivity index is 0.000000857. The Hall–Kier alpha value is -3.01. The molecule has 0 bridgehead atoms. The Morgan fingerprint density at radius 2 is 1.88 bits per heavy atom.